The number of nitriles is 1. The molecule has 1 amide bonds. The van der Waals surface area contributed by atoms with E-state index in [1.807, 2.05) is 20.8 Å². The van der Waals surface area contributed by atoms with E-state index in [0.717, 1.165) is 6.07 Å². The first-order chi connectivity index (χ1) is 19.7. The number of hydrogen-bond acceptors (Lipinski definition) is 5. The monoisotopic (exact) mass is 615 g/mol. The maximum Gasteiger partial charge on any atom is 0.335 e. The van der Waals surface area contributed by atoms with Crippen molar-refractivity contribution < 1.29 is 28.2 Å². The van der Waals surface area contributed by atoms with Gasteiger partial charge in [-0.05, 0) is 53.8 Å². The van der Waals surface area contributed by atoms with Crippen LogP contribution in [-0.4, -0.2) is 36.2 Å². The third kappa shape index (κ3) is 5.80. The highest BCUT2D eigenvalue weighted by atomic mass is 35.5. The summed E-state index contributed by atoms with van der Waals surface area (Å²) in [4.78, 5) is 25.5. The number of carboxylic acid groups (broad SMARTS) is 1. The van der Waals surface area contributed by atoms with E-state index in [1.54, 1.807) is 0 Å². The summed E-state index contributed by atoms with van der Waals surface area (Å²) in [6, 6.07) is 12.3. The molecule has 1 aliphatic heterocycles. The molecule has 4 rings (SSSR count). The number of aromatic carboxylic acids is 1. The van der Waals surface area contributed by atoms with Gasteiger partial charge in [-0.15, -0.1) is 0 Å². The van der Waals surface area contributed by atoms with Crippen LogP contribution < -0.4 is 15.4 Å². The fourth-order valence-electron chi connectivity index (χ4n) is 5.69. The average Bonchev–Trinajstić information content (AvgIpc) is 3.23. The van der Waals surface area contributed by atoms with Gasteiger partial charge in [0.2, 0.25) is 5.91 Å². The second-order valence-corrected chi connectivity index (χ2v) is 12.2. The number of carbonyl (C=O) groups excluding carboxylic acids is 1. The Kier molecular flexibility index (Phi) is 8.84. The lowest BCUT2D eigenvalue weighted by Gasteiger charge is -2.37. The summed E-state index contributed by atoms with van der Waals surface area (Å²) in [6.07, 6.45) is 0.307. The number of nitrogens with zero attached hydrogens (tertiary/aromatic N) is 1. The van der Waals surface area contributed by atoms with Crippen LogP contribution in [0.1, 0.15) is 54.6 Å². The van der Waals surface area contributed by atoms with Crippen molar-refractivity contribution in [3.63, 3.8) is 0 Å². The Morgan fingerprint density at radius 3 is 2.45 bits per heavy atom. The van der Waals surface area contributed by atoms with Gasteiger partial charge in [0.1, 0.15) is 22.8 Å². The summed E-state index contributed by atoms with van der Waals surface area (Å²) in [5.41, 5.74) is -2.18. The molecular formula is C31H29Cl2F2N3O4. The first-order valence-corrected chi connectivity index (χ1v) is 13.8. The average molecular weight is 616 g/mol. The molecule has 0 bridgehead atoms. The van der Waals surface area contributed by atoms with Crippen LogP contribution in [0.5, 0.6) is 5.75 Å². The normalized spacial score (nSPS) is 21.9. The number of methoxy groups -OCH3 is 1. The first-order valence-electron chi connectivity index (χ1n) is 13.0. The SMILES string of the molecule is COc1cc(C(=O)O)ccc1NC(=O)[C@@H]1N[C@@H](CC(C)(C)C)[C@](C#N)(c2ccc(Cl)cc2F)[C@@H]1c1cccc(Cl)c1F. The van der Waals surface area contributed by atoms with Gasteiger partial charge in [0.15, 0.2) is 0 Å². The van der Waals surface area contributed by atoms with E-state index in [4.69, 9.17) is 27.9 Å². The summed E-state index contributed by atoms with van der Waals surface area (Å²) in [6.45, 7) is 5.81. The second kappa shape index (κ2) is 11.9. The molecule has 3 aromatic rings. The molecule has 42 heavy (non-hydrogen) atoms. The molecule has 3 aromatic carbocycles. The molecule has 0 spiro atoms. The molecule has 0 radical (unpaired) electrons. The van der Waals surface area contributed by atoms with Gasteiger partial charge in [-0.1, -0.05) is 62.2 Å². The largest absolute Gasteiger partial charge is 0.495 e. The molecule has 11 heteroatoms. The molecule has 220 valence electrons. The Hall–Kier alpha value is -3.71. The molecule has 1 aliphatic rings. The Morgan fingerprint density at radius 1 is 1.14 bits per heavy atom. The van der Waals surface area contributed by atoms with E-state index in [0.29, 0.717) is 6.42 Å². The van der Waals surface area contributed by atoms with Crippen molar-refractivity contribution in [1.29, 1.82) is 5.26 Å². The zero-order valence-corrected chi connectivity index (χ0v) is 24.8. The number of ether oxygens (including phenoxy) is 1. The van der Waals surface area contributed by atoms with Crippen LogP contribution in [0, 0.1) is 28.4 Å². The van der Waals surface area contributed by atoms with Gasteiger partial charge in [0, 0.05) is 22.5 Å². The highest BCUT2D eigenvalue weighted by Gasteiger charge is 2.61. The predicted molar refractivity (Wildman–Crippen MR) is 156 cm³/mol. The minimum absolute atomic E-state index is 0.0424. The number of hydrogen-bond donors (Lipinski definition) is 3. The molecule has 1 fully saturated rings. The fraction of sp³-hybridized carbons (Fsp3) is 0.323. The summed E-state index contributed by atoms with van der Waals surface area (Å²) >= 11 is 12.2. The first kappa shape index (κ1) is 31.2. The Bertz CT molecular complexity index is 1590. The zero-order valence-electron chi connectivity index (χ0n) is 23.3. The fourth-order valence-corrected chi connectivity index (χ4v) is 6.04. The highest BCUT2D eigenvalue weighted by Crippen LogP contribution is 2.53. The van der Waals surface area contributed by atoms with Crippen molar-refractivity contribution >= 4 is 40.8 Å². The van der Waals surface area contributed by atoms with Gasteiger partial charge in [-0.2, -0.15) is 5.26 Å². The van der Waals surface area contributed by atoms with Crippen molar-refractivity contribution in [2.24, 2.45) is 5.41 Å². The molecule has 3 N–H and O–H groups in total. The van der Waals surface area contributed by atoms with Crippen LogP contribution in [0.4, 0.5) is 14.5 Å². The van der Waals surface area contributed by atoms with Crippen LogP contribution in [0.25, 0.3) is 0 Å². The minimum Gasteiger partial charge on any atom is -0.495 e. The van der Waals surface area contributed by atoms with Gasteiger partial charge in [0.05, 0.1) is 35.5 Å². The standard InChI is InChI=1S/C31H29Cl2F2N3O4/c1-30(2,3)14-24-31(15-36,19-10-9-17(32)13-21(19)34)25(18-6-5-7-20(33)26(18)35)27(38-24)28(39)37-22-11-8-16(29(40)41)12-23(22)42-4/h5-13,24-25,27,38H,14H2,1-4H3,(H,37,39)(H,40,41)/t24-,25+,27+,31-/m0/s1. The zero-order chi connectivity index (χ0) is 31.0. The lowest BCUT2D eigenvalue weighted by atomic mass is 9.62. The molecule has 1 saturated heterocycles. The van der Waals surface area contributed by atoms with Gasteiger partial charge >= 0.3 is 5.97 Å². The van der Waals surface area contributed by atoms with Crippen LogP contribution in [-0.2, 0) is 10.2 Å². The summed E-state index contributed by atoms with van der Waals surface area (Å²) in [5.74, 6) is -4.65. The Labute approximate surface area is 252 Å². The maximum atomic E-state index is 15.8. The molecule has 1 heterocycles. The third-order valence-electron chi connectivity index (χ3n) is 7.44. The van der Waals surface area contributed by atoms with Crippen molar-refractivity contribution in [2.75, 3.05) is 12.4 Å². The predicted octanol–water partition coefficient (Wildman–Crippen LogP) is 6.94. The van der Waals surface area contributed by atoms with Gasteiger partial charge in [0.25, 0.3) is 0 Å². The second-order valence-electron chi connectivity index (χ2n) is 11.4. The maximum absolute atomic E-state index is 15.8. The van der Waals surface area contributed by atoms with Crippen molar-refractivity contribution in [1.82, 2.24) is 5.32 Å². The van der Waals surface area contributed by atoms with E-state index < -0.39 is 52.3 Å². The number of benzene rings is 3. The lowest BCUT2D eigenvalue weighted by molar-refractivity contribution is -0.118. The number of nitrogens with one attached hydrogen (secondary N) is 2. The number of amides is 1. The lowest BCUT2D eigenvalue weighted by Crippen LogP contribution is -2.45. The Morgan fingerprint density at radius 2 is 1.86 bits per heavy atom. The molecule has 0 unspecified atom stereocenters. The van der Waals surface area contributed by atoms with Crippen LogP contribution >= 0.6 is 23.2 Å². The van der Waals surface area contributed by atoms with Crippen LogP contribution in [0.3, 0.4) is 0 Å². The van der Waals surface area contributed by atoms with Gasteiger partial charge in [-0.25, -0.2) is 13.6 Å². The summed E-state index contributed by atoms with van der Waals surface area (Å²) < 4.78 is 36.8. The number of rotatable bonds is 7. The number of carboxylic acids is 1. The van der Waals surface area contributed by atoms with Crippen molar-refractivity contribution in [3.05, 3.63) is 93.0 Å². The summed E-state index contributed by atoms with van der Waals surface area (Å²) in [5, 5.41) is 26.1. The smallest absolute Gasteiger partial charge is 0.335 e. The molecule has 0 aliphatic carbocycles. The van der Waals surface area contributed by atoms with Gasteiger partial charge in [-0.3, -0.25) is 4.79 Å². The molecule has 7 nitrogen and oxygen atoms in total. The van der Waals surface area contributed by atoms with Crippen LogP contribution in [0.2, 0.25) is 10.0 Å². The number of halogens is 4. The Balaban J connectivity index is 1.95. The van der Waals surface area contributed by atoms with Crippen LogP contribution in [0.15, 0.2) is 54.6 Å². The number of anilines is 1. The van der Waals surface area contributed by atoms with Crippen molar-refractivity contribution in [3.8, 4) is 11.8 Å². The van der Waals surface area contributed by atoms with E-state index in [9.17, 15) is 20.0 Å². The molecule has 4 atom stereocenters. The highest BCUT2D eigenvalue weighted by molar-refractivity contribution is 6.31. The van der Waals surface area contributed by atoms with E-state index in [-0.39, 0.29) is 38.2 Å². The topological polar surface area (TPSA) is 111 Å². The van der Waals surface area contributed by atoms with E-state index >= 15 is 8.78 Å². The molecule has 0 saturated carbocycles. The van der Waals surface area contributed by atoms with Gasteiger partial charge < -0.3 is 20.5 Å². The molecule has 0 aromatic heterocycles. The number of carbonyl (C=O) groups is 2. The van der Waals surface area contributed by atoms with Crippen molar-refractivity contribution in [2.45, 2.75) is 50.6 Å². The molecular weight excluding hydrogens is 587 g/mol. The third-order valence-corrected chi connectivity index (χ3v) is 7.96. The van der Waals surface area contributed by atoms with E-state index in [1.165, 1.54) is 55.6 Å². The quantitative estimate of drug-likeness (QED) is 0.265. The summed E-state index contributed by atoms with van der Waals surface area (Å²) in [7, 11) is 1.32. The minimum atomic E-state index is -1.78. The van der Waals surface area contributed by atoms with E-state index in [2.05, 4.69) is 16.7 Å².